The van der Waals surface area contributed by atoms with E-state index >= 15 is 0 Å². The molecule has 0 rings (SSSR count). The molecular weight excluding hydrogens is 172 g/mol. The Hall–Kier alpha value is -0.460. The SMILES string of the molecule is CCCCCCCCCCC=COC. The molecule has 0 amide bonds. The monoisotopic (exact) mass is 198 g/mol. The Balaban J connectivity index is 2.88. The van der Waals surface area contributed by atoms with Crippen LogP contribution in [0.2, 0.25) is 0 Å². The van der Waals surface area contributed by atoms with Gasteiger partial charge >= 0.3 is 0 Å². The van der Waals surface area contributed by atoms with Crippen LogP contribution in [-0.2, 0) is 4.74 Å². The molecule has 1 nitrogen and oxygen atoms in total. The van der Waals surface area contributed by atoms with Crippen LogP contribution in [0.25, 0.3) is 0 Å². The molecule has 0 atom stereocenters. The fraction of sp³-hybridized carbons (Fsp3) is 0.846. The van der Waals surface area contributed by atoms with Crippen LogP contribution in [0.3, 0.4) is 0 Å². The predicted molar refractivity (Wildman–Crippen MR) is 63.4 cm³/mol. The zero-order chi connectivity index (χ0) is 10.5. The third kappa shape index (κ3) is 11.5. The molecule has 0 aromatic heterocycles. The van der Waals surface area contributed by atoms with Crippen molar-refractivity contribution in [3.63, 3.8) is 0 Å². The lowest BCUT2D eigenvalue weighted by molar-refractivity contribution is 0.336. The Labute approximate surface area is 89.5 Å². The largest absolute Gasteiger partial charge is 0.505 e. The Kier molecular flexibility index (Phi) is 12.1. The standard InChI is InChI=1S/C13H26O/c1-3-4-5-6-7-8-9-10-11-12-13-14-2/h12-13H,3-11H2,1-2H3. The smallest absolute Gasteiger partial charge is 0.0784 e. The van der Waals surface area contributed by atoms with Gasteiger partial charge in [-0.25, -0.2) is 0 Å². The van der Waals surface area contributed by atoms with Gasteiger partial charge in [-0.3, -0.25) is 0 Å². The number of methoxy groups -OCH3 is 1. The molecule has 0 aromatic rings. The van der Waals surface area contributed by atoms with Crippen LogP contribution in [0.1, 0.15) is 64.7 Å². The minimum absolute atomic E-state index is 1.17. The van der Waals surface area contributed by atoms with Crippen molar-refractivity contribution in [2.75, 3.05) is 7.11 Å². The van der Waals surface area contributed by atoms with E-state index < -0.39 is 0 Å². The number of allylic oxidation sites excluding steroid dienone is 1. The summed E-state index contributed by atoms with van der Waals surface area (Å²) in [7, 11) is 1.70. The first-order valence-corrected chi connectivity index (χ1v) is 6.09. The molecule has 0 unspecified atom stereocenters. The average molecular weight is 198 g/mol. The fourth-order valence-electron chi connectivity index (χ4n) is 1.56. The number of unbranched alkanes of at least 4 members (excludes halogenated alkanes) is 8. The van der Waals surface area contributed by atoms with Gasteiger partial charge in [-0.1, -0.05) is 51.9 Å². The zero-order valence-corrected chi connectivity index (χ0v) is 9.93. The van der Waals surface area contributed by atoms with Gasteiger partial charge < -0.3 is 4.74 Å². The van der Waals surface area contributed by atoms with Crippen molar-refractivity contribution in [3.05, 3.63) is 12.3 Å². The van der Waals surface area contributed by atoms with Crippen molar-refractivity contribution >= 4 is 0 Å². The molecule has 0 aliphatic heterocycles. The van der Waals surface area contributed by atoms with Gasteiger partial charge in [-0.05, 0) is 18.9 Å². The molecule has 0 heterocycles. The predicted octanol–water partition coefficient (Wildman–Crippen LogP) is 4.68. The van der Waals surface area contributed by atoms with Gasteiger partial charge in [-0.15, -0.1) is 0 Å². The minimum atomic E-state index is 1.17. The van der Waals surface area contributed by atoms with E-state index in [1.165, 1.54) is 57.8 Å². The number of ether oxygens (including phenoxy) is 1. The first-order chi connectivity index (χ1) is 6.91. The maximum Gasteiger partial charge on any atom is 0.0784 e. The number of rotatable bonds is 10. The lowest BCUT2D eigenvalue weighted by atomic mass is 10.1. The first-order valence-electron chi connectivity index (χ1n) is 6.09. The van der Waals surface area contributed by atoms with E-state index in [4.69, 9.17) is 4.74 Å². The van der Waals surface area contributed by atoms with E-state index in [2.05, 4.69) is 13.0 Å². The summed E-state index contributed by atoms with van der Waals surface area (Å²) in [5, 5.41) is 0. The summed E-state index contributed by atoms with van der Waals surface area (Å²) in [4.78, 5) is 0. The van der Waals surface area contributed by atoms with Gasteiger partial charge in [-0.2, -0.15) is 0 Å². The van der Waals surface area contributed by atoms with Crippen LogP contribution in [0.15, 0.2) is 12.3 Å². The third-order valence-corrected chi connectivity index (χ3v) is 2.46. The van der Waals surface area contributed by atoms with Gasteiger partial charge in [0.05, 0.1) is 13.4 Å². The van der Waals surface area contributed by atoms with Crippen molar-refractivity contribution in [3.8, 4) is 0 Å². The van der Waals surface area contributed by atoms with E-state index in [-0.39, 0.29) is 0 Å². The summed E-state index contributed by atoms with van der Waals surface area (Å²) in [6, 6.07) is 0. The highest BCUT2D eigenvalue weighted by molar-refractivity contribution is 4.72. The summed E-state index contributed by atoms with van der Waals surface area (Å²) in [6.45, 7) is 2.27. The highest BCUT2D eigenvalue weighted by atomic mass is 16.5. The lowest BCUT2D eigenvalue weighted by Crippen LogP contribution is -1.80. The molecule has 0 spiro atoms. The van der Waals surface area contributed by atoms with Gasteiger partial charge in [0, 0.05) is 0 Å². The van der Waals surface area contributed by atoms with Gasteiger partial charge in [0.1, 0.15) is 0 Å². The molecule has 0 saturated heterocycles. The van der Waals surface area contributed by atoms with Crippen LogP contribution in [0.4, 0.5) is 0 Å². The summed E-state index contributed by atoms with van der Waals surface area (Å²) in [6.07, 6.45) is 16.2. The van der Waals surface area contributed by atoms with Crippen molar-refractivity contribution in [2.45, 2.75) is 64.7 Å². The fourth-order valence-corrected chi connectivity index (χ4v) is 1.56. The molecule has 84 valence electrons. The molecule has 0 bridgehead atoms. The molecule has 0 aliphatic rings. The van der Waals surface area contributed by atoms with E-state index in [0.29, 0.717) is 0 Å². The summed E-state index contributed by atoms with van der Waals surface area (Å²) >= 11 is 0. The Morgan fingerprint density at radius 3 is 2.00 bits per heavy atom. The molecular formula is C13H26O. The van der Waals surface area contributed by atoms with Gasteiger partial charge in [0.2, 0.25) is 0 Å². The van der Waals surface area contributed by atoms with Gasteiger partial charge in [0.15, 0.2) is 0 Å². The molecule has 0 fully saturated rings. The van der Waals surface area contributed by atoms with Crippen LogP contribution in [0, 0.1) is 0 Å². The second kappa shape index (κ2) is 12.5. The van der Waals surface area contributed by atoms with E-state index in [9.17, 15) is 0 Å². The lowest BCUT2D eigenvalue weighted by Gasteiger charge is -1.99. The maximum atomic E-state index is 4.83. The molecule has 0 radical (unpaired) electrons. The van der Waals surface area contributed by atoms with Gasteiger partial charge in [0.25, 0.3) is 0 Å². The zero-order valence-electron chi connectivity index (χ0n) is 9.93. The minimum Gasteiger partial charge on any atom is -0.505 e. The molecule has 0 saturated carbocycles. The van der Waals surface area contributed by atoms with E-state index in [0.717, 1.165) is 0 Å². The van der Waals surface area contributed by atoms with Crippen molar-refractivity contribution in [1.82, 2.24) is 0 Å². The van der Waals surface area contributed by atoms with Crippen LogP contribution in [-0.4, -0.2) is 7.11 Å². The Morgan fingerprint density at radius 1 is 0.857 bits per heavy atom. The topological polar surface area (TPSA) is 9.23 Å². The first kappa shape index (κ1) is 13.5. The third-order valence-electron chi connectivity index (χ3n) is 2.46. The van der Waals surface area contributed by atoms with Crippen LogP contribution in [0.5, 0.6) is 0 Å². The van der Waals surface area contributed by atoms with Crippen molar-refractivity contribution in [1.29, 1.82) is 0 Å². The Morgan fingerprint density at radius 2 is 1.43 bits per heavy atom. The summed E-state index contributed by atoms with van der Waals surface area (Å²) in [5.74, 6) is 0. The summed E-state index contributed by atoms with van der Waals surface area (Å²) < 4.78 is 4.83. The average Bonchev–Trinajstić information content (AvgIpc) is 2.21. The maximum absolute atomic E-state index is 4.83. The molecule has 14 heavy (non-hydrogen) atoms. The second-order valence-corrected chi connectivity index (χ2v) is 3.87. The molecule has 0 N–H and O–H groups in total. The van der Waals surface area contributed by atoms with Crippen LogP contribution >= 0.6 is 0 Å². The quantitative estimate of drug-likeness (QED) is 0.366. The molecule has 0 aliphatic carbocycles. The highest BCUT2D eigenvalue weighted by Gasteiger charge is 1.89. The second-order valence-electron chi connectivity index (χ2n) is 3.87. The van der Waals surface area contributed by atoms with E-state index in [1.54, 1.807) is 13.4 Å². The molecule has 0 aromatic carbocycles. The van der Waals surface area contributed by atoms with Crippen molar-refractivity contribution in [2.24, 2.45) is 0 Å². The van der Waals surface area contributed by atoms with E-state index in [1.807, 2.05) is 0 Å². The molecule has 1 heteroatoms. The normalized spacial score (nSPS) is 11.0. The van der Waals surface area contributed by atoms with Crippen LogP contribution < -0.4 is 0 Å². The number of hydrogen-bond acceptors (Lipinski definition) is 1. The summed E-state index contributed by atoms with van der Waals surface area (Å²) in [5.41, 5.74) is 0. The Bertz CT molecular complexity index is 118. The van der Waals surface area contributed by atoms with Crippen molar-refractivity contribution < 1.29 is 4.74 Å². The number of hydrogen-bond donors (Lipinski definition) is 0. The highest BCUT2D eigenvalue weighted by Crippen LogP contribution is 2.09.